The summed E-state index contributed by atoms with van der Waals surface area (Å²) in [5.74, 6) is -0.321. The second kappa shape index (κ2) is 7.59. The molecule has 4 aromatic rings. The zero-order valence-corrected chi connectivity index (χ0v) is 16.8. The molecule has 3 N–H and O–H groups in total. The van der Waals surface area contributed by atoms with Gasteiger partial charge in [-0.05, 0) is 37.3 Å². The van der Waals surface area contributed by atoms with Gasteiger partial charge in [0.05, 0.1) is 5.56 Å². The number of primary amides is 1. The van der Waals surface area contributed by atoms with Crippen molar-refractivity contribution < 1.29 is 18.0 Å². The number of hydrogen-bond acceptors (Lipinski definition) is 4. The molecule has 2 aromatic carbocycles. The number of amides is 1. The van der Waals surface area contributed by atoms with Crippen molar-refractivity contribution in [1.82, 2.24) is 14.6 Å². The molecule has 158 valence electrons. The number of nitrogens with one attached hydrogen (secondary N) is 1. The van der Waals surface area contributed by atoms with Gasteiger partial charge >= 0.3 is 6.18 Å². The summed E-state index contributed by atoms with van der Waals surface area (Å²) in [5.41, 5.74) is 5.45. The number of halogens is 4. The summed E-state index contributed by atoms with van der Waals surface area (Å²) in [5, 5.41) is 6.99. The molecule has 10 heteroatoms. The summed E-state index contributed by atoms with van der Waals surface area (Å²) in [6.07, 6.45) is -4.73. The maximum absolute atomic E-state index is 13.9. The predicted molar refractivity (Wildman–Crippen MR) is 111 cm³/mol. The second-order valence-corrected chi connectivity index (χ2v) is 7.19. The molecule has 0 aliphatic carbocycles. The molecule has 0 spiro atoms. The van der Waals surface area contributed by atoms with Gasteiger partial charge in [0.1, 0.15) is 5.82 Å². The first-order chi connectivity index (χ1) is 14.6. The Morgan fingerprint density at radius 3 is 2.42 bits per heavy atom. The van der Waals surface area contributed by atoms with E-state index in [-0.39, 0.29) is 27.6 Å². The lowest BCUT2D eigenvalue weighted by Crippen LogP contribution is -2.10. The van der Waals surface area contributed by atoms with Crippen LogP contribution in [0.5, 0.6) is 0 Å². The fraction of sp³-hybridized carbons (Fsp3) is 0.0952. The van der Waals surface area contributed by atoms with Crippen LogP contribution in [-0.2, 0) is 6.18 Å². The van der Waals surface area contributed by atoms with E-state index in [1.807, 2.05) is 0 Å². The van der Waals surface area contributed by atoms with E-state index in [1.54, 1.807) is 37.3 Å². The van der Waals surface area contributed by atoms with Crippen LogP contribution in [0.3, 0.4) is 0 Å². The summed E-state index contributed by atoms with van der Waals surface area (Å²) in [6, 6.07) is 14.0. The predicted octanol–water partition coefficient (Wildman–Crippen LogP) is 5.22. The van der Waals surface area contributed by atoms with Crippen LogP contribution in [0.2, 0.25) is 5.02 Å². The topological polar surface area (TPSA) is 85.3 Å². The normalized spacial score (nSPS) is 11.6. The maximum Gasteiger partial charge on any atom is 0.435 e. The number of benzene rings is 2. The molecule has 0 atom stereocenters. The Morgan fingerprint density at radius 1 is 1.13 bits per heavy atom. The number of anilines is 2. The Balaban J connectivity index is 1.92. The van der Waals surface area contributed by atoms with Gasteiger partial charge in [-0.15, -0.1) is 0 Å². The van der Waals surface area contributed by atoms with Gasteiger partial charge in [0.15, 0.2) is 11.3 Å². The van der Waals surface area contributed by atoms with E-state index in [4.69, 9.17) is 17.3 Å². The minimum absolute atomic E-state index is 0.0108. The van der Waals surface area contributed by atoms with E-state index in [2.05, 4.69) is 15.4 Å². The molecular formula is C21H15ClF3N5O. The standard InChI is InChI=1S/C21H15ClF3N5O/c1-11-10-16(28-13-8-6-12(7-9-13)19(26)31)30-20(27-11)17(18(29-30)21(23,24)25)14-4-2-3-5-15(14)22/h2-10,28H,1H3,(H2,26,31). The summed E-state index contributed by atoms with van der Waals surface area (Å²) in [7, 11) is 0. The zero-order chi connectivity index (χ0) is 22.3. The SMILES string of the molecule is Cc1cc(Nc2ccc(C(N)=O)cc2)n2nc(C(F)(F)F)c(-c3ccccc3Cl)c2n1. The second-order valence-electron chi connectivity index (χ2n) is 6.79. The molecular weight excluding hydrogens is 431 g/mol. The average Bonchev–Trinajstić information content (AvgIpc) is 3.08. The highest BCUT2D eigenvalue weighted by Gasteiger charge is 2.39. The lowest BCUT2D eigenvalue weighted by Gasteiger charge is -2.10. The van der Waals surface area contributed by atoms with Crippen molar-refractivity contribution in [2.24, 2.45) is 5.73 Å². The molecule has 0 unspecified atom stereocenters. The Morgan fingerprint density at radius 2 is 1.81 bits per heavy atom. The maximum atomic E-state index is 13.9. The molecule has 0 fully saturated rings. The molecule has 1 amide bonds. The van der Waals surface area contributed by atoms with Crippen LogP contribution in [0.15, 0.2) is 54.6 Å². The number of aryl methyl sites for hydroxylation is 1. The molecule has 4 rings (SSSR count). The minimum Gasteiger partial charge on any atom is -0.366 e. The molecule has 0 aliphatic heterocycles. The van der Waals surface area contributed by atoms with E-state index in [1.165, 1.54) is 24.3 Å². The third kappa shape index (κ3) is 3.91. The van der Waals surface area contributed by atoms with Crippen LogP contribution in [0.1, 0.15) is 21.7 Å². The quantitative estimate of drug-likeness (QED) is 0.451. The summed E-state index contributed by atoms with van der Waals surface area (Å²) in [4.78, 5) is 15.6. The van der Waals surface area contributed by atoms with Crippen LogP contribution >= 0.6 is 11.6 Å². The van der Waals surface area contributed by atoms with Crippen LogP contribution in [0, 0.1) is 6.92 Å². The first-order valence-corrected chi connectivity index (χ1v) is 9.42. The highest BCUT2D eigenvalue weighted by molar-refractivity contribution is 6.33. The third-order valence-corrected chi connectivity index (χ3v) is 4.90. The van der Waals surface area contributed by atoms with Gasteiger partial charge in [-0.25, -0.2) is 4.98 Å². The zero-order valence-electron chi connectivity index (χ0n) is 16.0. The molecule has 0 saturated carbocycles. The number of rotatable bonds is 4. The van der Waals surface area contributed by atoms with Crippen molar-refractivity contribution in [1.29, 1.82) is 0 Å². The van der Waals surface area contributed by atoms with Crippen molar-refractivity contribution in [2.75, 3.05) is 5.32 Å². The van der Waals surface area contributed by atoms with Crippen molar-refractivity contribution >= 4 is 34.7 Å². The number of nitrogens with zero attached hydrogens (tertiary/aromatic N) is 3. The minimum atomic E-state index is -4.73. The average molecular weight is 446 g/mol. The third-order valence-electron chi connectivity index (χ3n) is 4.57. The number of hydrogen-bond donors (Lipinski definition) is 2. The molecule has 0 saturated heterocycles. The fourth-order valence-corrected chi connectivity index (χ4v) is 3.43. The van der Waals surface area contributed by atoms with E-state index >= 15 is 0 Å². The Bertz CT molecular complexity index is 1300. The smallest absolute Gasteiger partial charge is 0.366 e. The lowest BCUT2D eigenvalue weighted by atomic mass is 10.1. The van der Waals surface area contributed by atoms with Crippen LogP contribution in [0.25, 0.3) is 16.8 Å². The van der Waals surface area contributed by atoms with Gasteiger partial charge < -0.3 is 11.1 Å². The monoisotopic (exact) mass is 445 g/mol. The summed E-state index contributed by atoms with van der Waals surface area (Å²) >= 11 is 6.20. The number of nitrogens with two attached hydrogens (primary N) is 1. The number of carbonyl (C=O) groups excluding carboxylic acids is 1. The molecule has 2 aromatic heterocycles. The Hall–Kier alpha value is -3.59. The molecule has 0 radical (unpaired) electrons. The number of aromatic nitrogens is 3. The Labute approximate surface area is 179 Å². The molecule has 6 nitrogen and oxygen atoms in total. The van der Waals surface area contributed by atoms with Gasteiger partial charge in [0, 0.05) is 33.6 Å². The van der Waals surface area contributed by atoms with Crippen LogP contribution in [-0.4, -0.2) is 20.5 Å². The number of alkyl halides is 3. The Kier molecular flexibility index (Phi) is 5.06. The van der Waals surface area contributed by atoms with Crippen molar-refractivity contribution in [3.63, 3.8) is 0 Å². The van der Waals surface area contributed by atoms with Crippen molar-refractivity contribution in [3.05, 3.63) is 76.6 Å². The summed E-state index contributed by atoms with van der Waals surface area (Å²) < 4.78 is 42.7. The van der Waals surface area contributed by atoms with Gasteiger partial charge in [0.2, 0.25) is 5.91 Å². The van der Waals surface area contributed by atoms with Gasteiger partial charge in [0.25, 0.3) is 0 Å². The first kappa shape index (κ1) is 20.7. The first-order valence-electron chi connectivity index (χ1n) is 9.04. The largest absolute Gasteiger partial charge is 0.435 e. The molecule has 0 aliphatic rings. The fourth-order valence-electron chi connectivity index (χ4n) is 3.20. The van der Waals surface area contributed by atoms with Gasteiger partial charge in [-0.3, -0.25) is 4.79 Å². The van der Waals surface area contributed by atoms with Crippen molar-refractivity contribution in [3.8, 4) is 11.1 Å². The summed E-state index contributed by atoms with van der Waals surface area (Å²) in [6.45, 7) is 1.66. The van der Waals surface area contributed by atoms with E-state index < -0.39 is 17.8 Å². The number of fused-ring (bicyclic) bond motifs is 1. The van der Waals surface area contributed by atoms with Crippen LogP contribution < -0.4 is 11.1 Å². The lowest BCUT2D eigenvalue weighted by molar-refractivity contribution is -0.140. The van der Waals surface area contributed by atoms with E-state index in [0.29, 0.717) is 16.9 Å². The van der Waals surface area contributed by atoms with Gasteiger partial charge in [-0.1, -0.05) is 29.8 Å². The highest BCUT2D eigenvalue weighted by Crippen LogP contribution is 2.41. The van der Waals surface area contributed by atoms with Gasteiger partial charge in [-0.2, -0.15) is 22.8 Å². The number of carbonyl (C=O) groups is 1. The van der Waals surface area contributed by atoms with Crippen LogP contribution in [0.4, 0.5) is 24.7 Å². The molecule has 0 bridgehead atoms. The molecule has 2 heterocycles. The molecule has 31 heavy (non-hydrogen) atoms. The van der Waals surface area contributed by atoms with E-state index in [9.17, 15) is 18.0 Å². The van der Waals surface area contributed by atoms with Crippen molar-refractivity contribution in [2.45, 2.75) is 13.1 Å². The highest BCUT2D eigenvalue weighted by atomic mass is 35.5. The van der Waals surface area contributed by atoms with E-state index in [0.717, 1.165) is 4.52 Å².